The Labute approximate surface area is 154 Å². The second-order valence-corrected chi connectivity index (χ2v) is 7.03. The molecule has 3 rings (SSSR count). The first-order chi connectivity index (χ1) is 12.2. The number of piperazine rings is 1. The van der Waals surface area contributed by atoms with Crippen LogP contribution in [0.15, 0.2) is 29.3 Å². The Hall–Kier alpha value is -1.95. The Morgan fingerprint density at radius 3 is 2.44 bits per heavy atom. The third kappa shape index (κ3) is 5.26. The van der Waals surface area contributed by atoms with Crippen molar-refractivity contribution in [1.82, 2.24) is 15.5 Å². The molecule has 0 aromatic heterocycles. The molecule has 2 aliphatic rings. The summed E-state index contributed by atoms with van der Waals surface area (Å²) in [5, 5.41) is 7.13. The van der Waals surface area contributed by atoms with E-state index in [0.29, 0.717) is 5.96 Å². The fourth-order valence-corrected chi connectivity index (χ4v) is 3.05. The highest BCUT2D eigenvalue weighted by atomic mass is 35.5. The minimum atomic E-state index is 0.116. The first-order valence-corrected chi connectivity index (χ1v) is 9.26. The summed E-state index contributed by atoms with van der Waals surface area (Å²) in [6.45, 7) is 4.36. The number of hydrogen-bond donors (Lipinski definition) is 2. The molecule has 1 aromatic carbocycles. The molecule has 0 bridgehead atoms. The van der Waals surface area contributed by atoms with Gasteiger partial charge in [0.1, 0.15) is 0 Å². The van der Waals surface area contributed by atoms with Crippen LogP contribution in [0.2, 0.25) is 5.02 Å². The van der Waals surface area contributed by atoms with Crippen LogP contribution in [0.4, 0.5) is 5.69 Å². The fraction of sp³-hybridized carbons (Fsp3) is 0.556. The van der Waals surface area contributed by atoms with E-state index < -0.39 is 0 Å². The summed E-state index contributed by atoms with van der Waals surface area (Å²) in [6, 6.07) is 7.85. The number of guanidine groups is 1. The molecular weight excluding hydrogens is 338 g/mol. The average molecular weight is 364 g/mol. The van der Waals surface area contributed by atoms with Gasteiger partial charge in [-0.1, -0.05) is 11.6 Å². The predicted octanol–water partition coefficient (Wildman–Crippen LogP) is 1.56. The summed E-state index contributed by atoms with van der Waals surface area (Å²) >= 11 is 5.94. The molecule has 1 aliphatic heterocycles. The van der Waals surface area contributed by atoms with Gasteiger partial charge in [-0.2, -0.15) is 0 Å². The molecule has 1 aliphatic carbocycles. The van der Waals surface area contributed by atoms with Crippen molar-refractivity contribution >= 4 is 29.2 Å². The summed E-state index contributed by atoms with van der Waals surface area (Å²) < 4.78 is 0. The van der Waals surface area contributed by atoms with E-state index >= 15 is 0 Å². The summed E-state index contributed by atoms with van der Waals surface area (Å²) in [4.78, 5) is 20.8. The Bertz CT molecular complexity index is 606. The Morgan fingerprint density at radius 2 is 1.84 bits per heavy atom. The molecule has 2 fully saturated rings. The Balaban J connectivity index is 1.40. The Kier molecular flexibility index (Phi) is 6.02. The van der Waals surface area contributed by atoms with E-state index in [0.717, 1.165) is 49.4 Å². The van der Waals surface area contributed by atoms with Gasteiger partial charge in [-0.15, -0.1) is 0 Å². The SMILES string of the molecule is CN=C(NCC(=O)N1CCN(c2ccc(Cl)cc2)CC1)NCC1CC1. The smallest absolute Gasteiger partial charge is 0.242 e. The third-order valence-electron chi connectivity index (χ3n) is 4.71. The van der Waals surface area contributed by atoms with E-state index in [1.54, 1.807) is 7.05 Å². The van der Waals surface area contributed by atoms with Crippen LogP contribution in [-0.2, 0) is 4.79 Å². The molecule has 25 heavy (non-hydrogen) atoms. The van der Waals surface area contributed by atoms with Crippen molar-refractivity contribution in [1.29, 1.82) is 0 Å². The van der Waals surface area contributed by atoms with Crippen molar-refractivity contribution in [3.8, 4) is 0 Å². The van der Waals surface area contributed by atoms with Crippen LogP contribution in [0.5, 0.6) is 0 Å². The van der Waals surface area contributed by atoms with Crippen LogP contribution in [0.1, 0.15) is 12.8 Å². The number of hydrogen-bond acceptors (Lipinski definition) is 3. The number of halogens is 1. The van der Waals surface area contributed by atoms with Crippen molar-refractivity contribution in [2.75, 3.05) is 51.2 Å². The molecule has 7 heteroatoms. The first-order valence-electron chi connectivity index (χ1n) is 8.88. The lowest BCUT2D eigenvalue weighted by Crippen LogP contribution is -2.52. The molecule has 0 radical (unpaired) electrons. The number of aliphatic imine (C=N–C) groups is 1. The van der Waals surface area contributed by atoms with Crippen LogP contribution in [0.3, 0.4) is 0 Å². The highest BCUT2D eigenvalue weighted by Gasteiger charge is 2.23. The van der Waals surface area contributed by atoms with Gasteiger partial charge in [-0.25, -0.2) is 0 Å². The monoisotopic (exact) mass is 363 g/mol. The molecule has 0 unspecified atom stereocenters. The second kappa shape index (κ2) is 8.43. The van der Waals surface area contributed by atoms with Gasteiger partial charge in [0, 0.05) is 50.5 Å². The minimum absolute atomic E-state index is 0.116. The minimum Gasteiger partial charge on any atom is -0.368 e. The predicted molar refractivity (Wildman–Crippen MR) is 102 cm³/mol. The first kappa shape index (κ1) is 17.9. The van der Waals surface area contributed by atoms with E-state index in [-0.39, 0.29) is 12.5 Å². The van der Waals surface area contributed by atoms with Gasteiger partial charge < -0.3 is 20.4 Å². The molecule has 1 aromatic rings. The van der Waals surface area contributed by atoms with Crippen molar-refractivity contribution in [3.63, 3.8) is 0 Å². The molecule has 2 N–H and O–H groups in total. The highest BCUT2D eigenvalue weighted by molar-refractivity contribution is 6.30. The maximum Gasteiger partial charge on any atom is 0.242 e. The summed E-state index contributed by atoms with van der Waals surface area (Å²) in [7, 11) is 1.73. The second-order valence-electron chi connectivity index (χ2n) is 6.59. The number of carbonyl (C=O) groups excluding carboxylic acids is 1. The van der Waals surface area contributed by atoms with E-state index in [9.17, 15) is 4.79 Å². The molecule has 1 heterocycles. The van der Waals surface area contributed by atoms with Gasteiger partial charge in [-0.05, 0) is 43.0 Å². The highest BCUT2D eigenvalue weighted by Crippen LogP contribution is 2.27. The number of nitrogens with zero attached hydrogens (tertiary/aromatic N) is 3. The standard InChI is InChI=1S/C18H26ClN5O/c1-20-18(21-12-14-2-3-14)22-13-17(25)24-10-8-23(9-11-24)16-6-4-15(19)5-7-16/h4-7,14H,2-3,8-13H2,1H3,(H2,20,21,22). The lowest BCUT2D eigenvalue weighted by atomic mass is 10.2. The molecule has 1 saturated heterocycles. The molecule has 136 valence electrons. The molecule has 0 spiro atoms. The van der Waals surface area contributed by atoms with Gasteiger partial charge >= 0.3 is 0 Å². The number of carbonyl (C=O) groups is 1. The largest absolute Gasteiger partial charge is 0.368 e. The topological polar surface area (TPSA) is 60.0 Å². The quantitative estimate of drug-likeness (QED) is 0.615. The molecular formula is C18H26ClN5O. The van der Waals surface area contributed by atoms with Gasteiger partial charge in [-0.3, -0.25) is 9.79 Å². The zero-order valence-corrected chi connectivity index (χ0v) is 15.4. The van der Waals surface area contributed by atoms with Gasteiger partial charge in [0.15, 0.2) is 5.96 Å². The summed E-state index contributed by atoms with van der Waals surface area (Å²) in [5.41, 5.74) is 1.15. The molecule has 1 saturated carbocycles. The van der Waals surface area contributed by atoms with Gasteiger partial charge in [0.05, 0.1) is 6.54 Å². The summed E-state index contributed by atoms with van der Waals surface area (Å²) in [6.07, 6.45) is 2.58. The number of anilines is 1. The molecule has 6 nitrogen and oxygen atoms in total. The zero-order chi connectivity index (χ0) is 17.6. The molecule has 1 amide bonds. The third-order valence-corrected chi connectivity index (χ3v) is 4.96. The van der Waals surface area contributed by atoms with Crippen LogP contribution in [0.25, 0.3) is 0 Å². The van der Waals surface area contributed by atoms with Crippen molar-refractivity contribution in [3.05, 3.63) is 29.3 Å². The van der Waals surface area contributed by atoms with E-state index in [4.69, 9.17) is 11.6 Å². The van der Waals surface area contributed by atoms with Crippen LogP contribution in [-0.4, -0.2) is 63.1 Å². The lowest BCUT2D eigenvalue weighted by molar-refractivity contribution is -0.130. The maximum absolute atomic E-state index is 12.4. The van der Waals surface area contributed by atoms with E-state index in [1.807, 2.05) is 29.2 Å². The number of amides is 1. The van der Waals surface area contributed by atoms with Crippen LogP contribution in [0, 0.1) is 5.92 Å². The fourth-order valence-electron chi connectivity index (χ4n) is 2.92. The number of rotatable bonds is 5. The zero-order valence-electron chi connectivity index (χ0n) is 14.7. The lowest BCUT2D eigenvalue weighted by Gasteiger charge is -2.36. The summed E-state index contributed by atoms with van der Waals surface area (Å²) in [5.74, 6) is 1.60. The normalized spacial score (nSPS) is 18.2. The van der Waals surface area contributed by atoms with Crippen LogP contribution < -0.4 is 15.5 Å². The van der Waals surface area contributed by atoms with E-state index in [2.05, 4.69) is 20.5 Å². The Morgan fingerprint density at radius 1 is 1.16 bits per heavy atom. The average Bonchev–Trinajstić information content (AvgIpc) is 3.47. The van der Waals surface area contributed by atoms with Crippen molar-refractivity contribution in [2.24, 2.45) is 10.9 Å². The van der Waals surface area contributed by atoms with Crippen LogP contribution >= 0.6 is 11.6 Å². The van der Waals surface area contributed by atoms with Gasteiger partial charge in [0.2, 0.25) is 5.91 Å². The number of benzene rings is 1. The molecule has 0 atom stereocenters. The van der Waals surface area contributed by atoms with E-state index in [1.165, 1.54) is 12.8 Å². The maximum atomic E-state index is 12.4. The van der Waals surface area contributed by atoms with Crippen molar-refractivity contribution < 1.29 is 4.79 Å². The van der Waals surface area contributed by atoms with Gasteiger partial charge in [0.25, 0.3) is 0 Å². The van der Waals surface area contributed by atoms with Crippen molar-refractivity contribution in [2.45, 2.75) is 12.8 Å². The number of nitrogens with one attached hydrogen (secondary N) is 2.